The largest absolute Gasteiger partial charge is 0.515 e. The Kier molecular flexibility index (Phi) is 6.38. The van der Waals surface area contributed by atoms with Gasteiger partial charge in [-0.15, -0.1) is 0 Å². The fraction of sp³-hybridized carbons (Fsp3) is 0. The molecule has 7 rings (SSSR count). The van der Waals surface area contributed by atoms with Gasteiger partial charge in [0.2, 0.25) is 0 Å². The number of fused-ring (bicyclic) bond motifs is 5. The molecule has 0 aliphatic heterocycles. The van der Waals surface area contributed by atoms with Crippen LogP contribution in [0.3, 0.4) is 0 Å². The molecular weight excluding hydrogens is 544 g/mol. The van der Waals surface area contributed by atoms with Gasteiger partial charge in [0.25, 0.3) is 0 Å². The van der Waals surface area contributed by atoms with Crippen LogP contribution in [-0.2, 0) is 4.79 Å². The Balaban J connectivity index is 1.47. The lowest BCUT2D eigenvalue weighted by Gasteiger charge is -2.14. The molecule has 5 aromatic carbocycles. The standard InChI is InChI=1S/C35H21ClN4O2/c36-31-18-30-26-13-5-4-12-25(26)28(17-29(30)27-14-7-15-37-32(27)31)22-10-6-11-23(16-22)34-38-33(21-8-2-1-3-9-21)39-35(40-34)24(19-41)20-42/h1-20,41H/b24-19+. The molecule has 0 aliphatic rings. The van der Waals surface area contributed by atoms with Gasteiger partial charge in [0.15, 0.2) is 23.8 Å². The van der Waals surface area contributed by atoms with Crippen LogP contribution in [0.15, 0.2) is 116 Å². The summed E-state index contributed by atoms with van der Waals surface area (Å²) in [6.45, 7) is 0. The van der Waals surface area contributed by atoms with E-state index in [2.05, 4.69) is 39.2 Å². The minimum absolute atomic E-state index is 0.0355. The predicted octanol–water partition coefficient (Wildman–Crippen LogP) is 8.48. The summed E-state index contributed by atoms with van der Waals surface area (Å²) in [4.78, 5) is 30.0. The Hall–Kier alpha value is -5.46. The quantitative estimate of drug-likeness (QED) is 0.0975. The molecule has 200 valence electrons. The summed E-state index contributed by atoms with van der Waals surface area (Å²) in [5, 5.41) is 15.5. The second kappa shape index (κ2) is 10.5. The van der Waals surface area contributed by atoms with Crippen molar-refractivity contribution in [2.45, 2.75) is 0 Å². The lowest BCUT2D eigenvalue weighted by Crippen LogP contribution is -2.03. The molecule has 0 atom stereocenters. The molecule has 0 radical (unpaired) electrons. The van der Waals surface area contributed by atoms with Gasteiger partial charge in [0, 0.05) is 22.7 Å². The smallest absolute Gasteiger partial charge is 0.170 e. The van der Waals surface area contributed by atoms with Crippen molar-refractivity contribution in [3.8, 4) is 33.9 Å². The number of aliphatic hydroxyl groups excluding tert-OH is 1. The van der Waals surface area contributed by atoms with Crippen molar-refractivity contribution < 1.29 is 9.90 Å². The number of carbonyl (C=O) groups is 1. The van der Waals surface area contributed by atoms with Gasteiger partial charge in [-0.3, -0.25) is 9.78 Å². The van der Waals surface area contributed by atoms with Crippen LogP contribution in [0.25, 0.3) is 71.9 Å². The molecule has 6 nitrogen and oxygen atoms in total. The monoisotopic (exact) mass is 564 g/mol. The van der Waals surface area contributed by atoms with E-state index in [-0.39, 0.29) is 11.4 Å². The average Bonchev–Trinajstić information content (AvgIpc) is 3.05. The van der Waals surface area contributed by atoms with E-state index in [4.69, 9.17) is 16.6 Å². The molecule has 0 saturated heterocycles. The zero-order chi connectivity index (χ0) is 28.6. The summed E-state index contributed by atoms with van der Waals surface area (Å²) in [6, 6.07) is 33.8. The molecule has 0 fully saturated rings. The minimum Gasteiger partial charge on any atom is -0.515 e. The van der Waals surface area contributed by atoms with E-state index in [0.29, 0.717) is 29.2 Å². The molecular formula is C35H21ClN4O2. The number of aliphatic hydroxyl groups is 1. The summed E-state index contributed by atoms with van der Waals surface area (Å²) in [5.41, 5.74) is 4.23. The Morgan fingerprint density at radius 2 is 1.31 bits per heavy atom. The van der Waals surface area contributed by atoms with E-state index in [0.717, 1.165) is 54.7 Å². The molecule has 0 unspecified atom stereocenters. The van der Waals surface area contributed by atoms with Gasteiger partial charge in [-0.2, -0.15) is 0 Å². The first kappa shape index (κ1) is 25.5. The van der Waals surface area contributed by atoms with Gasteiger partial charge in [-0.05, 0) is 56.9 Å². The summed E-state index contributed by atoms with van der Waals surface area (Å²) in [7, 11) is 0. The number of benzene rings is 5. The van der Waals surface area contributed by atoms with Crippen LogP contribution in [0.1, 0.15) is 5.82 Å². The number of aldehydes is 1. The molecule has 7 aromatic rings. The minimum atomic E-state index is -0.0355. The highest BCUT2D eigenvalue weighted by Crippen LogP contribution is 2.40. The van der Waals surface area contributed by atoms with Crippen molar-refractivity contribution in [2.24, 2.45) is 0 Å². The molecule has 1 N–H and O–H groups in total. The fourth-order valence-corrected chi connectivity index (χ4v) is 5.60. The van der Waals surface area contributed by atoms with E-state index >= 15 is 0 Å². The summed E-state index contributed by atoms with van der Waals surface area (Å²) >= 11 is 6.67. The molecule has 0 spiro atoms. The molecule has 0 saturated carbocycles. The van der Waals surface area contributed by atoms with Crippen molar-refractivity contribution in [1.82, 2.24) is 19.9 Å². The highest BCUT2D eigenvalue weighted by atomic mass is 35.5. The first-order valence-corrected chi connectivity index (χ1v) is 13.6. The normalized spacial score (nSPS) is 11.8. The van der Waals surface area contributed by atoms with Crippen LogP contribution in [-0.4, -0.2) is 31.3 Å². The molecule has 2 aromatic heterocycles. The van der Waals surface area contributed by atoms with E-state index in [1.54, 1.807) is 6.20 Å². The number of aromatic nitrogens is 4. The van der Waals surface area contributed by atoms with Gasteiger partial charge < -0.3 is 5.11 Å². The second-order valence-electron chi connectivity index (χ2n) is 9.78. The summed E-state index contributed by atoms with van der Waals surface area (Å²) < 4.78 is 0. The van der Waals surface area contributed by atoms with Crippen LogP contribution in [0.4, 0.5) is 0 Å². The van der Waals surface area contributed by atoms with Crippen LogP contribution in [0, 0.1) is 0 Å². The van der Waals surface area contributed by atoms with Crippen molar-refractivity contribution >= 4 is 55.9 Å². The van der Waals surface area contributed by atoms with Crippen LogP contribution >= 0.6 is 11.6 Å². The first-order valence-electron chi connectivity index (χ1n) is 13.3. The second-order valence-corrected chi connectivity index (χ2v) is 10.2. The topological polar surface area (TPSA) is 88.9 Å². The number of carbonyl (C=O) groups excluding carboxylic acids is 1. The van der Waals surface area contributed by atoms with Crippen LogP contribution < -0.4 is 0 Å². The fourth-order valence-electron chi connectivity index (χ4n) is 5.34. The summed E-state index contributed by atoms with van der Waals surface area (Å²) in [6.07, 6.45) is 2.99. The van der Waals surface area contributed by atoms with E-state index in [1.807, 2.05) is 78.9 Å². The highest BCUT2D eigenvalue weighted by molar-refractivity contribution is 6.38. The first-order chi connectivity index (χ1) is 20.6. The average molecular weight is 565 g/mol. The van der Waals surface area contributed by atoms with Crippen LogP contribution in [0.2, 0.25) is 5.02 Å². The maximum absolute atomic E-state index is 11.7. The highest BCUT2D eigenvalue weighted by Gasteiger charge is 2.16. The van der Waals surface area contributed by atoms with Gasteiger partial charge in [-0.1, -0.05) is 90.5 Å². The molecule has 7 heteroatoms. The number of rotatable bonds is 5. The Morgan fingerprint density at radius 1 is 0.643 bits per heavy atom. The molecule has 42 heavy (non-hydrogen) atoms. The number of halogens is 1. The van der Waals surface area contributed by atoms with Crippen LogP contribution in [0.5, 0.6) is 0 Å². The zero-order valence-corrected chi connectivity index (χ0v) is 22.8. The lowest BCUT2D eigenvalue weighted by atomic mass is 9.91. The molecule has 2 heterocycles. The van der Waals surface area contributed by atoms with Gasteiger partial charge in [-0.25, -0.2) is 15.0 Å². The number of hydrogen-bond donors (Lipinski definition) is 1. The third kappa shape index (κ3) is 4.35. The molecule has 0 bridgehead atoms. The van der Waals surface area contributed by atoms with E-state index in [1.165, 1.54) is 0 Å². The van der Waals surface area contributed by atoms with Gasteiger partial charge >= 0.3 is 0 Å². The zero-order valence-electron chi connectivity index (χ0n) is 22.1. The van der Waals surface area contributed by atoms with Crippen molar-refractivity contribution in [3.05, 3.63) is 126 Å². The lowest BCUT2D eigenvalue weighted by molar-refractivity contribution is -0.103. The number of allylic oxidation sites excluding steroid dienone is 1. The van der Waals surface area contributed by atoms with Gasteiger partial charge in [0.05, 0.1) is 22.4 Å². The van der Waals surface area contributed by atoms with Crippen molar-refractivity contribution in [2.75, 3.05) is 0 Å². The Bertz CT molecular complexity index is 2200. The van der Waals surface area contributed by atoms with E-state index in [9.17, 15) is 9.90 Å². The van der Waals surface area contributed by atoms with Gasteiger partial charge in [0.1, 0.15) is 0 Å². The van der Waals surface area contributed by atoms with E-state index < -0.39 is 0 Å². The molecule has 0 amide bonds. The third-order valence-corrected chi connectivity index (χ3v) is 7.59. The summed E-state index contributed by atoms with van der Waals surface area (Å²) in [5.74, 6) is 0.872. The number of hydrogen-bond acceptors (Lipinski definition) is 6. The number of nitrogens with zero attached hydrogens (tertiary/aromatic N) is 4. The number of pyridine rings is 1. The van der Waals surface area contributed by atoms with Crippen molar-refractivity contribution in [3.63, 3.8) is 0 Å². The maximum Gasteiger partial charge on any atom is 0.170 e. The van der Waals surface area contributed by atoms with Crippen molar-refractivity contribution in [1.29, 1.82) is 0 Å². The third-order valence-electron chi connectivity index (χ3n) is 7.30. The molecule has 0 aliphatic carbocycles. The Labute approximate surface area is 245 Å². The SMILES string of the molecule is O=C/C(=C\O)c1nc(-c2ccccc2)nc(-c2cccc(-c3cc4c5cccnc5c(Cl)cc4c4ccccc34)c2)n1. The predicted molar refractivity (Wildman–Crippen MR) is 168 cm³/mol. The maximum atomic E-state index is 11.7. The Morgan fingerprint density at radius 3 is 2.10 bits per heavy atom.